The molecule has 38 heavy (non-hydrogen) atoms. The number of aryl methyl sites for hydroxylation is 2. The Bertz CT molecular complexity index is 1350. The third kappa shape index (κ3) is 4.14. The van der Waals surface area contributed by atoms with Crippen molar-refractivity contribution in [1.82, 2.24) is 9.97 Å². The van der Waals surface area contributed by atoms with Crippen LogP contribution in [0.1, 0.15) is 84.5 Å². The van der Waals surface area contributed by atoms with Crippen LogP contribution >= 0.6 is 0 Å². The molecule has 6 nitrogen and oxygen atoms in total. The number of hydrogen-bond donors (Lipinski definition) is 3. The third-order valence-corrected chi connectivity index (χ3v) is 9.96. The van der Waals surface area contributed by atoms with Crippen LogP contribution in [0.15, 0.2) is 42.9 Å². The molecule has 6 heteroatoms. The van der Waals surface area contributed by atoms with Gasteiger partial charge >= 0.3 is 5.97 Å². The highest BCUT2D eigenvalue weighted by Crippen LogP contribution is 2.60. The molecule has 3 N–H and O–H groups in total. The van der Waals surface area contributed by atoms with E-state index in [1.165, 1.54) is 36.0 Å². The molecule has 0 amide bonds. The normalized spacial score (nSPS) is 28.5. The molecule has 3 aromatic rings. The van der Waals surface area contributed by atoms with Gasteiger partial charge in [0.1, 0.15) is 5.75 Å². The minimum absolute atomic E-state index is 0.0883. The topological polar surface area (TPSA) is 95.4 Å². The third-order valence-electron chi connectivity index (χ3n) is 9.96. The van der Waals surface area contributed by atoms with E-state index in [9.17, 15) is 15.0 Å². The van der Waals surface area contributed by atoms with Gasteiger partial charge in [0, 0.05) is 29.8 Å². The van der Waals surface area contributed by atoms with Crippen LogP contribution in [0.3, 0.4) is 0 Å². The minimum Gasteiger partial charge on any atom is -0.508 e. The van der Waals surface area contributed by atoms with Crippen LogP contribution in [0.25, 0.3) is 11.3 Å². The average molecular weight is 515 g/mol. The summed E-state index contributed by atoms with van der Waals surface area (Å²) in [6.45, 7) is 4.54. The van der Waals surface area contributed by atoms with Crippen LogP contribution in [0, 0.1) is 17.3 Å². The van der Waals surface area contributed by atoms with Gasteiger partial charge < -0.3 is 19.9 Å². The maximum atomic E-state index is 11.8. The van der Waals surface area contributed by atoms with E-state index in [-0.39, 0.29) is 17.5 Å². The second kappa shape index (κ2) is 9.88. The van der Waals surface area contributed by atoms with Crippen LogP contribution in [0.4, 0.5) is 0 Å². The molecule has 0 aliphatic heterocycles. The van der Waals surface area contributed by atoms with Crippen LogP contribution in [0.5, 0.6) is 5.75 Å². The van der Waals surface area contributed by atoms with E-state index in [4.69, 9.17) is 4.74 Å². The number of H-pyrrole nitrogens is 1. The fraction of sp³-hybridized carbons (Fsp3) is 0.500. The van der Waals surface area contributed by atoms with E-state index in [2.05, 4.69) is 23.0 Å². The lowest BCUT2D eigenvalue weighted by Gasteiger charge is -2.50. The monoisotopic (exact) mass is 514 g/mol. The van der Waals surface area contributed by atoms with Crippen LogP contribution in [-0.2, 0) is 24.0 Å². The molecule has 2 saturated carbocycles. The summed E-state index contributed by atoms with van der Waals surface area (Å²) in [6, 6.07) is 7.94. The van der Waals surface area contributed by atoms with Gasteiger partial charge in [-0.2, -0.15) is 0 Å². The van der Waals surface area contributed by atoms with Crippen molar-refractivity contribution in [3.8, 4) is 17.0 Å². The Morgan fingerprint density at radius 3 is 2.84 bits per heavy atom. The zero-order valence-electron chi connectivity index (χ0n) is 22.4. The maximum Gasteiger partial charge on any atom is 0.339 e. The highest BCUT2D eigenvalue weighted by atomic mass is 16.5. The van der Waals surface area contributed by atoms with Crippen molar-refractivity contribution in [2.75, 3.05) is 6.61 Å². The second-order valence-corrected chi connectivity index (χ2v) is 11.7. The van der Waals surface area contributed by atoms with Gasteiger partial charge in [0.25, 0.3) is 0 Å². The molecule has 2 aromatic heterocycles. The molecule has 1 aromatic carbocycles. The van der Waals surface area contributed by atoms with E-state index in [1.807, 2.05) is 31.3 Å². The van der Waals surface area contributed by atoms with E-state index in [0.717, 1.165) is 54.8 Å². The summed E-state index contributed by atoms with van der Waals surface area (Å²) in [5.74, 6) is 2.25. The van der Waals surface area contributed by atoms with Crippen molar-refractivity contribution in [1.29, 1.82) is 0 Å². The number of phenolic OH excluding ortho intramolecular Hbond substituents is 1. The Kier molecular flexibility index (Phi) is 6.55. The predicted molar refractivity (Wildman–Crippen MR) is 146 cm³/mol. The molecule has 0 bridgehead atoms. The summed E-state index contributed by atoms with van der Waals surface area (Å²) < 4.78 is 5.07. The highest BCUT2D eigenvalue weighted by Gasteiger charge is 2.54. The summed E-state index contributed by atoms with van der Waals surface area (Å²) in [7, 11) is 0. The molecule has 5 atom stereocenters. The lowest BCUT2D eigenvalue weighted by atomic mass is 9.55. The number of rotatable bonds is 2. The zero-order chi connectivity index (χ0) is 26.4. The SMILES string of the molecule is CCOC(=O)c1c[nH]c2c1CCc1cnccc1-2.C[C@]12CC[C@@H]3c4ccc(O)cc4CC[C@H]3[C@@H]1CC[C@@H]2O. The Morgan fingerprint density at radius 1 is 1.13 bits per heavy atom. The fourth-order valence-electron chi connectivity index (χ4n) is 8.02. The number of pyridine rings is 1. The number of phenols is 1. The van der Waals surface area contributed by atoms with E-state index in [0.29, 0.717) is 29.8 Å². The largest absolute Gasteiger partial charge is 0.508 e. The number of ether oxygens (including phenoxy) is 1. The van der Waals surface area contributed by atoms with E-state index in [1.54, 1.807) is 12.4 Å². The molecule has 7 rings (SSSR count). The van der Waals surface area contributed by atoms with E-state index < -0.39 is 0 Å². The van der Waals surface area contributed by atoms with Crippen molar-refractivity contribution >= 4 is 5.97 Å². The van der Waals surface area contributed by atoms with Gasteiger partial charge in [-0.05, 0) is 122 Å². The number of aromatic hydroxyl groups is 1. The summed E-state index contributed by atoms with van der Waals surface area (Å²) >= 11 is 0. The smallest absolute Gasteiger partial charge is 0.339 e. The Hall–Kier alpha value is -3.12. The summed E-state index contributed by atoms with van der Waals surface area (Å²) in [5, 5.41) is 20.0. The highest BCUT2D eigenvalue weighted by molar-refractivity contribution is 5.94. The number of aromatic amines is 1. The Balaban J connectivity index is 0.000000140. The van der Waals surface area contributed by atoms with Gasteiger partial charge in [-0.15, -0.1) is 0 Å². The molecule has 4 aliphatic carbocycles. The maximum absolute atomic E-state index is 11.8. The predicted octanol–water partition coefficient (Wildman–Crippen LogP) is 5.96. The number of carbonyl (C=O) groups is 1. The van der Waals surface area contributed by atoms with Gasteiger partial charge in [0.2, 0.25) is 0 Å². The Morgan fingerprint density at radius 2 is 2.00 bits per heavy atom. The molecule has 0 radical (unpaired) electrons. The lowest BCUT2D eigenvalue weighted by molar-refractivity contribution is -0.0226. The number of benzene rings is 1. The number of fused-ring (bicyclic) bond motifs is 8. The number of aliphatic hydroxyl groups excluding tert-OH is 1. The number of esters is 1. The number of hydrogen-bond acceptors (Lipinski definition) is 5. The van der Waals surface area contributed by atoms with Gasteiger partial charge in [-0.1, -0.05) is 13.0 Å². The zero-order valence-corrected chi connectivity index (χ0v) is 22.4. The van der Waals surface area contributed by atoms with Crippen molar-refractivity contribution in [2.45, 2.75) is 77.2 Å². The second-order valence-electron chi connectivity index (χ2n) is 11.7. The first-order valence-corrected chi connectivity index (χ1v) is 14.2. The lowest BCUT2D eigenvalue weighted by Crippen LogP contribution is -2.43. The number of aliphatic hydroxyl groups is 1. The summed E-state index contributed by atoms with van der Waals surface area (Å²) in [4.78, 5) is 19.2. The fourth-order valence-corrected chi connectivity index (χ4v) is 8.02. The first kappa shape index (κ1) is 25.2. The van der Waals surface area contributed by atoms with Gasteiger partial charge in [-0.25, -0.2) is 4.79 Å². The molecule has 0 spiro atoms. The van der Waals surface area contributed by atoms with Crippen molar-refractivity contribution < 1.29 is 19.7 Å². The standard InChI is InChI=1S/C18H24O2.C14H14N2O2/c1-18-9-8-14-13-5-3-12(19)10-11(13)2-4-15(14)16(18)6-7-17(18)20;1-2-18-14(17)12-8-16-13-10-5-6-15-7-9(10)3-4-11(12)13/h3,5,10,14-17,19-20H,2,4,6-9H2,1H3;5-8,16H,2-4H2,1H3/t14-,15-,16+,17+,18+;/m1./s1. The first-order valence-electron chi connectivity index (χ1n) is 14.2. The van der Waals surface area contributed by atoms with Crippen molar-refractivity contribution in [3.63, 3.8) is 0 Å². The Labute approximate surface area is 224 Å². The number of carbonyl (C=O) groups excluding carboxylic acids is 1. The van der Waals surface area contributed by atoms with Gasteiger partial charge in [0.15, 0.2) is 0 Å². The molecule has 200 valence electrons. The van der Waals surface area contributed by atoms with Crippen molar-refractivity contribution in [2.24, 2.45) is 17.3 Å². The van der Waals surface area contributed by atoms with Crippen LogP contribution in [-0.4, -0.2) is 38.9 Å². The average Bonchev–Trinajstić information content (AvgIpc) is 3.50. The summed E-state index contributed by atoms with van der Waals surface area (Å²) in [5.41, 5.74) is 8.11. The summed E-state index contributed by atoms with van der Waals surface area (Å²) in [6.07, 6.45) is 14.0. The number of nitrogens with one attached hydrogen (secondary N) is 1. The number of nitrogens with zero attached hydrogens (tertiary/aromatic N) is 1. The molecular formula is C32H38N2O4. The first-order chi connectivity index (χ1) is 18.4. The molecule has 0 saturated heterocycles. The van der Waals surface area contributed by atoms with E-state index >= 15 is 0 Å². The van der Waals surface area contributed by atoms with Gasteiger partial charge in [-0.3, -0.25) is 4.98 Å². The van der Waals surface area contributed by atoms with Crippen LogP contribution < -0.4 is 0 Å². The minimum atomic E-state index is -0.243. The molecule has 0 unspecified atom stereocenters. The molecule has 4 aliphatic rings. The molecule has 2 heterocycles. The van der Waals surface area contributed by atoms with Gasteiger partial charge in [0.05, 0.1) is 18.3 Å². The molecule has 2 fully saturated rings. The van der Waals surface area contributed by atoms with Crippen LogP contribution in [0.2, 0.25) is 0 Å². The van der Waals surface area contributed by atoms with Crippen molar-refractivity contribution in [3.05, 3.63) is 70.7 Å². The molecular weight excluding hydrogens is 476 g/mol. The quantitative estimate of drug-likeness (QED) is 0.367. The number of aromatic nitrogens is 2.